The van der Waals surface area contributed by atoms with E-state index in [9.17, 15) is 0 Å². The maximum Gasteiger partial charge on any atom is 0.166 e. The Bertz CT molecular complexity index is 2510. The minimum Gasteiger partial charge on any atom is -0.244 e. The molecule has 10 nitrogen and oxygen atoms in total. The second kappa shape index (κ2) is 11.0. The lowest BCUT2D eigenvalue weighted by Crippen LogP contribution is -2.07. The molecular weight excluding hydrogens is 596 g/mol. The van der Waals surface area contributed by atoms with Crippen LogP contribution in [0.2, 0.25) is 0 Å². The smallest absolute Gasteiger partial charge is 0.166 e. The molecule has 4 heterocycles. The first-order valence-electron chi connectivity index (χ1n) is 15.4. The monoisotopic (exact) mass is 620 g/mol. The quantitative estimate of drug-likeness (QED) is 0.144. The van der Waals surface area contributed by atoms with E-state index >= 15 is 0 Å². The molecule has 0 unspecified atom stereocenters. The third-order valence-corrected chi connectivity index (χ3v) is 8.09. The summed E-state index contributed by atoms with van der Waals surface area (Å²) in [7, 11) is 0. The Morgan fingerprint density at radius 1 is 0.292 bits per heavy atom. The number of nitrogens with zero attached hydrogens (tertiary/aromatic N) is 10. The summed E-state index contributed by atoms with van der Waals surface area (Å²) in [5, 5.41) is 0. The molecule has 0 aliphatic heterocycles. The molecule has 0 aliphatic rings. The van der Waals surface area contributed by atoms with E-state index < -0.39 is 0 Å². The lowest BCUT2D eigenvalue weighted by molar-refractivity contribution is 0.983. The molecular formula is C38H24N10. The fourth-order valence-electron chi connectivity index (χ4n) is 5.97. The van der Waals surface area contributed by atoms with Crippen LogP contribution in [-0.2, 0) is 0 Å². The zero-order chi connectivity index (χ0) is 32.2. The number of aromatic nitrogens is 10. The van der Waals surface area contributed by atoms with Gasteiger partial charge in [0.25, 0.3) is 0 Å². The largest absolute Gasteiger partial charge is 0.244 e. The number of aryl methyl sites for hydroxylation is 2. The molecule has 0 bridgehead atoms. The first-order valence-corrected chi connectivity index (χ1v) is 15.4. The van der Waals surface area contributed by atoms with Crippen LogP contribution in [0.25, 0.3) is 89.7 Å². The lowest BCUT2D eigenvalue weighted by atomic mass is 9.99. The van der Waals surface area contributed by atoms with Crippen LogP contribution < -0.4 is 0 Å². The highest BCUT2D eigenvalue weighted by molar-refractivity contribution is 6.17. The summed E-state index contributed by atoms with van der Waals surface area (Å²) in [5.41, 5.74) is 8.09. The van der Waals surface area contributed by atoms with Crippen LogP contribution in [0.5, 0.6) is 0 Å². The van der Waals surface area contributed by atoms with Crippen molar-refractivity contribution in [3.63, 3.8) is 0 Å². The lowest BCUT2D eigenvalue weighted by Gasteiger charge is -2.16. The molecule has 0 N–H and O–H groups in total. The van der Waals surface area contributed by atoms with Gasteiger partial charge in [-0.1, -0.05) is 84.9 Å². The second-order valence-electron chi connectivity index (χ2n) is 11.4. The van der Waals surface area contributed by atoms with Crippen molar-refractivity contribution >= 4 is 44.1 Å². The van der Waals surface area contributed by atoms with Crippen LogP contribution in [0.4, 0.5) is 0 Å². The average molecular weight is 621 g/mol. The van der Waals surface area contributed by atoms with Crippen molar-refractivity contribution in [2.45, 2.75) is 13.8 Å². The molecule has 10 heteroatoms. The minimum absolute atomic E-state index is 0.405. The summed E-state index contributed by atoms with van der Waals surface area (Å²) in [6.07, 6.45) is 0. The Hall–Kier alpha value is -6.68. The first-order chi connectivity index (χ1) is 23.6. The number of hydrogen-bond donors (Lipinski definition) is 0. The third-order valence-electron chi connectivity index (χ3n) is 8.09. The van der Waals surface area contributed by atoms with Gasteiger partial charge in [0.2, 0.25) is 0 Å². The molecule has 0 atom stereocenters. The zero-order valence-electron chi connectivity index (χ0n) is 25.9. The number of hydrogen-bond acceptors (Lipinski definition) is 10. The second-order valence-corrected chi connectivity index (χ2v) is 11.4. The molecule has 9 aromatic rings. The summed E-state index contributed by atoms with van der Waals surface area (Å²) < 4.78 is 0. The van der Waals surface area contributed by atoms with E-state index in [0.717, 1.165) is 33.2 Å². The Kier molecular flexibility index (Phi) is 6.32. The Balaban J connectivity index is 1.49. The van der Waals surface area contributed by atoms with Crippen LogP contribution in [0.1, 0.15) is 11.6 Å². The van der Waals surface area contributed by atoms with Gasteiger partial charge < -0.3 is 0 Å². The van der Waals surface area contributed by atoms with Gasteiger partial charge in [-0.05, 0) is 38.1 Å². The number of rotatable bonds is 4. The topological polar surface area (TPSA) is 129 Å². The predicted molar refractivity (Wildman–Crippen MR) is 186 cm³/mol. The van der Waals surface area contributed by atoms with Crippen LogP contribution in [0.3, 0.4) is 0 Å². The minimum atomic E-state index is 0.405. The Labute approximate surface area is 273 Å². The predicted octanol–water partition coefficient (Wildman–Crippen LogP) is 7.53. The highest BCUT2D eigenvalue weighted by Crippen LogP contribution is 2.41. The maximum atomic E-state index is 5.20. The molecule has 5 aromatic carbocycles. The molecule has 0 radical (unpaired) electrons. The third kappa shape index (κ3) is 4.66. The van der Waals surface area contributed by atoms with Gasteiger partial charge in [0.05, 0.1) is 33.2 Å². The van der Waals surface area contributed by atoms with Gasteiger partial charge in [-0.15, -0.1) is 0 Å². The molecule has 9 rings (SSSR count). The van der Waals surface area contributed by atoms with Crippen LogP contribution in [0, 0.1) is 13.8 Å². The normalized spacial score (nSPS) is 11.5. The molecule has 0 spiro atoms. The van der Waals surface area contributed by atoms with E-state index in [-0.39, 0.29) is 0 Å². The highest BCUT2D eigenvalue weighted by Gasteiger charge is 2.27. The van der Waals surface area contributed by atoms with E-state index in [4.69, 9.17) is 49.8 Å². The maximum absolute atomic E-state index is 5.20. The molecule has 0 amide bonds. The van der Waals surface area contributed by atoms with Crippen molar-refractivity contribution in [2.75, 3.05) is 0 Å². The van der Waals surface area contributed by atoms with Crippen LogP contribution >= 0.6 is 0 Å². The van der Waals surface area contributed by atoms with Crippen molar-refractivity contribution < 1.29 is 0 Å². The fraction of sp³-hybridized carbons (Fsp3) is 0.0526. The van der Waals surface area contributed by atoms with Crippen molar-refractivity contribution in [1.82, 2.24) is 49.8 Å². The molecule has 48 heavy (non-hydrogen) atoms. The summed E-state index contributed by atoms with van der Waals surface area (Å²) in [6, 6.07) is 35.2. The molecule has 226 valence electrons. The molecule has 0 saturated carbocycles. The van der Waals surface area contributed by atoms with E-state index in [1.165, 1.54) is 0 Å². The summed E-state index contributed by atoms with van der Waals surface area (Å²) >= 11 is 0. The van der Waals surface area contributed by atoms with E-state index in [1.807, 2.05) is 123 Å². The molecule has 0 saturated heterocycles. The van der Waals surface area contributed by atoms with Crippen molar-refractivity contribution in [2.24, 2.45) is 0 Å². The SMILES string of the molecule is Cc1nc(-c2ccccc2)nc(-c2c(-c3nc(C)nc(-c4ccccc4)n3)c3nc4ccccc4nc3c3nc4ccccc4nc23)n1. The average Bonchev–Trinajstić information content (AvgIpc) is 3.13. The van der Waals surface area contributed by atoms with Crippen molar-refractivity contribution in [3.05, 3.63) is 121 Å². The van der Waals surface area contributed by atoms with Crippen molar-refractivity contribution in [1.29, 1.82) is 0 Å². The summed E-state index contributed by atoms with van der Waals surface area (Å²) in [5.74, 6) is 2.98. The van der Waals surface area contributed by atoms with Crippen LogP contribution in [-0.4, -0.2) is 49.8 Å². The summed E-state index contributed by atoms with van der Waals surface area (Å²) in [4.78, 5) is 50.0. The molecule has 0 aliphatic carbocycles. The van der Waals surface area contributed by atoms with E-state index in [1.54, 1.807) is 0 Å². The zero-order valence-corrected chi connectivity index (χ0v) is 25.9. The number of para-hydroxylation sites is 4. The fourth-order valence-corrected chi connectivity index (χ4v) is 5.97. The first kappa shape index (κ1) is 27.6. The standard InChI is InChI=1S/C38H24N10/c1-21-39-35(23-13-5-3-6-14-23)47-37(41-21)29-30(38-42-22(2)40-36(48-38)24-15-7-4-8-16-24)32-34(46-28-20-12-10-18-26(28)44-32)33-31(29)43-25-17-9-11-19-27(25)45-33/h3-20H,1-2H3. The van der Waals surface area contributed by atoms with Gasteiger partial charge >= 0.3 is 0 Å². The van der Waals surface area contributed by atoms with Gasteiger partial charge in [0.1, 0.15) is 33.7 Å². The van der Waals surface area contributed by atoms with Gasteiger partial charge in [-0.25, -0.2) is 49.8 Å². The van der Waals surface area contributed by atoms with Gasteiger partial charge in [0.15, 0.2) is 23.3 Å². The van der Waals surface area contributed by atoms with E-state index in [2.05, 4.69) is 0 Å². The van der Waals surface area contributed by atoms with Crippen LogP contribution in [0.15, 0.2) is 109 Å². The van der Waals surface area contributed by atoms with Gasteiger partial charge in [-0.2, -0.15) is 0 Å². The molecule has 0 fully saturated rings. The number of fused-ring (bicyclic) bond motifs is 5. The van der Waals surface area contributed by atoms with Gasteiger partial charge in [0, 0.05) is 11.1 Å². The Morgan fingerprint density at radius 3 is 0.979 bits per heavy atom. The van der Waals surface area contributed by atoms with E-state index in [0.29, 0.717) is 68.1 Å². The number of benzene rings is 5. The highest BCUT2D eigenvalue weighted by atomic mass is 15.1. The van der Waals surface area contributed by atoms with Crippen molar-refractivity contribution in [3.8, 4) is 45.6 Å². The van der Waals surface area contributed by atoms with Gasteiger partial charge in [-0.3, -0.25) is 0 Å². The summed E-state index contributed by atoms with van der Waals surface area (Å²) in [6.45, 7) is 3.71. The molecule has 4 aromatic heterocycles. The Morgan fingerprint density at radius 2 is 0.604 bits per heavy atom.